The molecule has 9 heteroatoms. The molecule has 0 aliphatic heterocycles. The van der Waals surface area contributed by atoms with E-state index in [4.69, 9.17) is 23.2 Å². The van der Waals surface area contributed by atoms with Crippen molar-refractivity contribution in [3.63, 3.8) is 0 Å². The SMILES string of the molecule is NNC(N)=NS(=O)(=O)c1ccc(Cl)cc1S. The van der Waals surface area contributed by atoms with Crippen LogP contribution in [0.3, 0.4) is 0 Å². The van der Waals surface area contributed by atoms with E-state index in [0.717, 1.165) is 0 Å². The summed E-state index contributed by atoms with van der Waals surface area (Å²) in [6.07, 6.45) is 0. The molecule has 6 nitrogen and oxygen atoms in total. The highest BCUT2D eigenvalue weighted by molar-refractivity contribution is 7.91. The van der Waals surface area contributed by atoms with Gasteiger partial charge in [0, 0.05) is 9.92 Å². The van der Waals surface area contributed by atoms with E-state index in [-0.39, 0.29) is 9.79 Å². The molecule has 0 bridgehead atoms. The number of hydrogen-bond donors (Lipinski definition) is 4. The second-order valence-electron chi connectivity index (χ2n) is 2.71. The van der Waals surface area contributed by atoms with Crippen LogP contribution in [0.25, 0.3) is 0 Å². The average Bonchev–Trinajstić information content (AvgIpc) is 2.16. The van der Waals surface area contributed by atoms with Gasteiger partial charge in [-0.2, -0.15) is 8.42 Å². The number of nitrogens with zero attached hydrogens (tertiary/aromatic N) is 1. The molecular weight excluding hydrogens is 272 g/mol. The maximum absolute atomic E-state index is 11.7. The van der Waals surface area contributed by atoms with Crippen molar-refractivity contribution in [3.8, 4) is 0 Å². The predicted octanol–water partition coefficient (Wildman–Crippen LogP) is 0.0954. The second kappa shape index (κ2) is 4.91. The molecule has 88 valence electrons. The molecule has 1 aromatic carbocycles. The lowest BCUT2D eigenvalue weighted by Gasteiger charge is -2.04. The van der Waals surface area contributed by atoms with Gasteiger partial charge in [0.25, 0.3) is 10.0 Å². The Kier molecular flexibility index (Phi) is 4.03. The lowest BCUT2D eigenvalue weighted by Crippen LogP contribution is -2.37. The van der Waals surface area contributed by atoms with Crippen LogP contribution in [0.5, 0.6) is 0 Å². The number of guanidine groups is 1. The Morgan fingerprint density at radius 1 is 1.50 bits per heavy atom. The number of nitrogens with two attached hydrogens (primary N) is 2. The highest BCUT2D eigenvalue weighted by Gasteiger charge is 2.16. The second-order valence-corrected chi connectivity index (χ2v) is 5.20. The van der Waals surface area contributed by atoms with Gasteiger partial charge in [-0.3, -0.25) is 5.43 Å². The van der Waals surface area contributed by atoms with Crippen molar-refractivity contribution >= 4 is 40.2 Å². The molecule has 1 aromatic rings. The predicted molar refractivity (Wildman–Crippen MR) is 64.8 cm³/mol. The summed E-state index contributed by atoms with van der Waals surface area (Å²) in [5, 5.41) is 0.373. The van der Waals surface area contributed by atoms with E-state index in [2.05, 4.69) is 17.0 Å². The Hall–Kier alpha value is -0.960. The summed E-state index contributed by atoms with van der Waals surface area (Å²) in [5.74, 6) is 4.49. The molecule has 0 saturated carbocycles. The number of nitrogens with one attached hydrogen (secondary N) is 1. The average molecular weight is 281 g/mol. The summed E-state index contributed by atoms with van der Waals surface area (Å²) >= 11 is 9.65. The molecule has 1 rings (SSSR count). The molecular formula is C7H9ClN4O2S2. The fourth-order valence-electron chi connectivity index (χ4n) is 0.914. The van der Waals surface area contributed by atoms with Crippen LogP contribution in [0.1, 0.15) is 0 Å². The van der Waals surface area contributed by atoms with E-state index in [1.807, 2.05) is 5.43 Å². The van der Waals surface area contributed by atoms with Crippen LogP contribution >= 0.6 is 24.2 Å². The van der Waals surface area contributed by atoms with E-state index in [1.54, 1.807) is 0 Å². The van der Waals surface area contributed by atoms with E-state index in [1.165, 1.54) is 18.2 Å². The highest BCUT2D eigenvalue weighted by Crippen LogP contribution is 2.24. The molecule has 0 aliphatic carbocycles. The van der Waals surface area contributed by atoms with Gasteiger partial charge in [0.15, 0.2) is 0 Å². The number of thiol groups is 1. The third-order valence-corrected chi connectivity index (χ3v) is 3.67. The van der Waals surface area contributed by atoms with Crippen LogP contribution < -0.4 is 17.0 Å². The van der Waals surface area contributed by atoms with Gasteiger partial charge in [0.1, 0.15) is 4.90 Å². The van der Waals surface area contributed by atoms with Gasteiger partial charge in [0.05, 0.1) is 0 Å². The maximum atomic E-state index is 11.7. The number of hydrogen-bond acceptors (Lipinski definition) is 4. The fourth-order valence-corrected chi connectivity index (χ4v) is 2.69. The van der Waals surface area contributed by atoms with E-state index >= 15 is 0 Å². The Morgan fingerprint density at radius 3 is 2.62 bits per heavy atom. The topological polar surface area (TPSA) is 111 Å². The molecule has 0 amide bonds. The largest absolute Gasteiger partial charge is 0.368 e. The lowest BCUT2D eigenvalue weighted by molar-refractivity contribution is 0.595. The fraction of sp³-hybridized carbons (Fsp3) is 0. The molecule has 5 N–H and O–H groups in total. The van der Waals surface area contributed by atoms with Crippen LogP contribution in [0.15, 0.2) is 32.4 Å². The molecule has 0 radical (unpaired) electrons. The van der Waals surface area contributed by atoms with Gasteiger partial charge in [-0.25, -0.2) is 5.84 Å². The van der Waals surface area contributed by atoms with Gasteiger partial charge in [0.2, 0.25) is 5.96 Å². The summed E-state index contributed by atoms with van der Waals surface area (Å²) in [6, 6.07) is 4.09. The molecule has 0 heterocycles. The molecule has 0 aromatic heterocycles. The summed E-state index contributed by atoms with van der Waals surface area (Å²) in [5.41, 5.74) is 7.08. The van der Waals surface area contributed by atoms with Crippen molar-refractivity contribution in [2.45, 2.75) is 9.79 Å². The standard InChI is InChI=1S/C7H9ClN4O2S2/c8-4-1-2-6(5(15)3-4)16(13,14)12-7(9)11-10/h1-3,15H,10H2,(H3,9,11,12). The first-order valence-corrected chi connectivity index (χ1v) is 6.19. The third kappa shape index (κ3) is 3.01. The zero-order chi connectivity index (χ0) is 12.3. The minimum absolute atomic E-state index is 0.0987. The van der Waals surface area contributed by atoms with Crippen LogP contribution in [0.4, 0.5) is 0 Å². The van der Waals surface area contributed by atoms with Crippen molar-refractivity contribution in [2.24, 2.45) is 16.0 Å². The lowest BCUT2D eigenvalue weighted by atomic mass is 10.4. The molecule has 0 aliphatic rings. The van der Waals surface area contributed by atoms with Gasteiger partial charge in [-0.15, -0.1) is 17.0 Å². The quantitative estimate of drug-likeness (QED) is 0.202. The third-order valence-electron chi connectivity index (χ3n) is 1.57. The van der Waals surface area contributed by atoms with Crippen molar-refractivity contribution < 1.29 is 8.42 Å². The summed E-state index contributed by atoms with van der Waals surface area (Å²) in [6.45, 7) is 0. The minimum Gasteiger partial charge on any atom is -0.368 e. The van der Waals surface area contributed by atoms with Crippen LogP contribution in [-0.4, -0.2) is 14.4 Å². The van der Waals surface area contributed by atoms with Crippen LogP contribution in [0.2, 0.25) is 5.02 Å². The number of halogens is 1. The Morgan fingerprint density at radius 2 is 2.12 bits per heavy atom. The van der Waals surface area contributed by atoms with E-state index < -0.39 is 16.0 Å². The first-order chi connectivity index (χ1) is 7.36. The number of rotatable bonds is 2. The van der Waals surface area contributed by atoms with E-state index in [9.17, 15) is 8.42 Å². The maximum Gasteiger partial charge on any atom is 0.286 e. The Bertz CT molecular complexity index is 529. The van der Waals surface area contributed by atoms with Crippen molar-refractivity contribution in [1.82, 2.24) is 5.43 Å². The van der Waals surface area contributed by atoms with Gasteiger partial charge in [-0.05, 0) is 18.2 Å². The summed E-state index contributed by atoms with van der Waals surface area (Å²) in [7, 11) is -3.93. The summed E-state index contributed by atoms with van der Waals surface area (Å²) < 4.78 is 26.6. The number of benzene rings is 1. The molecule has 0 spiro atoms. The monoisotopic (exact) mass is 280 g/mol. The zero-order valence-corrected chi connectivity index (χ0v) is 10.4. The van der Waals surface area contributed by atoms with Crippen LogP contribution in [0, 0.1) is 0 Å². The smallest absolute Gasteiger partial charge is 0.286 e. The molecule has 16 heavy (non-hydrogen) atoms. The first-order valence-electron chi connectivity index (χ1n) is 3.92. The van der Waals surface area contributed by atoms with Gasteiger partial charge in [-0.1, -0.05) is 11.6 Å². The number of sulfonamides is 1. The highest BCUT2D eigenvalue weighted by atomic mass is 35.5. The van der Waals surface area contributed by atoms with E-state index in [0.29, 0.717) is 5.02 Å². The Balaban J connectivity index is 3.28. The molecule has 0 fully saturated rings. The Labute approximate surface area is 103 Å². The molecule has 0 atom stereocenters. The summed E-state index contributed by atoms with van der Waals surface area (Å²) in [4.78, 5) is 0.0829. The minimum atomic E-state index is -3.93. The van der Waals surface area contributed by atoms with Crippen molar-refractivity contribution in [1.29, 1.82) is 0 Å². The molecule has 0 saturated heterocycles. The normalized spacial score (nSPS) is 12.6. The van der Waals surface area contributed by atoms with Gasteiger partial charge >= 0.3 is 0 Å². The first kappa shape index (κ1) is 13.1. The van der Waals surface area contributed by atoms with Crippen molar-refractivity contribution in [2.75, 3.05) is 0 Å². The van der Waals surface area contributed by atoms with Crippen LogP contribution in [-0.2, 0) is 10.0 Å². The van der Waals surface area contributed by atoms with Crippen molar-refractivity contribution in [3.05, 3.63) is 23.2 Å². The van der Waals surface area contributed by atoms with Gasteiger partial charge < -0.3 is 5.73 Å². The number of hydrazine groups is 1. The molecule has 0 unspecified atom stereocenters. The zero-order valence-electron chi connectivity index (χ0n) is 7.88.